The van der Waals surface area contributed by atoms with E-state index in [1.807, 2.05) is 6.07 Å². The molecular formula is C23H28N2O7. The molecule has 1 N–H and O–H groups in total. The van der Waals surface area contributed by atoms with E-state index < -0.39 is 16.9 Å². The first-order valence-corrected chi connectivity index (χ1v) is 10.2. The fraction of sp³-hybridized carbons (Fsp3) is 0.391. The van der Waals surface area contributed by atoms with Crippen LogP contribution in [0.3, 0.4) is 0 Å². The highest BCUT2D eigenvalue weighted by Gasteiger charge is 2.26. The molecule has 0 aromatic heterocycles. The summed E-state index contributed by atoms with van der Waals surface area (Å²) in [6.07, 6.45) is -0.0295. The molecule has 0 heterocycles. The Morgan fingerprint density at radius 1 is 1.06 bits per heavy atom. The number of para-hydroxylation sites is 1. The third-order valence-corrected chi connectivity index (χ3v) is 4.67. The van der Waals surface area contributed by atoms with Crippen molar-refractivity contribution in [3.8, 4) is 11.5 Å². The summed E-state index contributed by atoms with van der Waals surface area (Å²) in [6.45, 7) is 3.42. The van der Waals surface area contributed by atoms with E-state index >= 15 is 0 Å². The largest absolute Gasteiger partial charge is 0.493 e. The van der Waals surface area contributed by atoms with Gasteiger partial charge in [0.1, 0.15) is 0 Å². The van der Waals surface area contributed by atoms with Gasteiger partial charge in [-0.1, -0.05) is 24.3 Å². The van der Waals surface area contributed by atoms with Gasteiger partial charge in [-0.15, -0.1) is 0 Å². The lowest BCUT2D eigenvalue weighted by Gasteiger charge is -2.19. The maximum atomic E-state index is 12.7. The Morgan fingerprint density at radius 2 is 1.75 bits per heavy atom. The van der Waals surface area contributed by atoms with E-state index in [0.717, 1.165) is 5.56 Å². The van der Waals surface area contributed by atoms with Gasteiger partial charge in [-0.3, -0.25) is 19.7 Å². The summed E-state index contributed by atoms with van der Waals surface area (Å²) in [5, 5.41) is 14.2. The highest BCUT2D eigenvalue weighted by Crippen LogP contribution is 2.29. The number of amides is 1. The predicted molar refractivity (Wildman–Crippen MR) is 118 cm³/mol. The summed E-state index contributed by atoms with van der Waals surface area (Å²) in [6, 6.07) is 10.5. The Labute approximate surface area is 186 Å². The van der Waals surface area contributed by atoms with E-state index in [-0.39, 0.29) is 36.1 Å². The molecule has 0 aliphatic carbocycles. The second-order valence-electron chi connectivity index (χ2n) is 7.37. The number of aryl methyl sites for hydroxylation is 1. The minimum Gasteiger partial charge on any atom is -0.493 e. The van der Waals surface area contributed by atoms with Crippen molar-refractivity contribution in [2.45, 2.75) is 45.3 Å². The third-order valence-electron chi connectivity index (χ3n) is 4.67. The number of nitrogens with one attached hydrogen (secondary N) is 1. The smallest absolute Gasteiger partial charge is 0.308 e. The lowest BCUT2D eigenvalue weighted by Crippen LogP contribution is -2.31. The molecule has 32 heavy (non-hydrogen) atoms. The molecule has 0 radical (unpaired) electrons. The van der Waals surface area contributed by atoms with Crippen molar-refractivity contribution in [2.24, 2.45) is 0 Å². The van der Waals surface area contributed by atoms with E-state index in [2.05, 4.69) is 5.32 Å². The first-order valence-electron chi connectivity index (χ1n) is 10.2. The molecule has 0 aliphatic rings. The SMILES string of the molecule is COc1ccc(CCC(=O)NC(CC(=O)OC(C)C)c2ccccc2[N+](=O)[O-])cc1OC. The van der Waals surface area contributed by atoms with Gasteiger partial charge in [-0.05, 0) is 38.0 Å². The van der Waals surface area contributed by atoms with Gasteiger partial charge in [0.05, 0.1) is 43.3 Å². The molecule has 1 amide bonds. The van der Waals surface area contributed by atoms with E-state index in [9.17, 15) is 19.7 Å². The topological polar surface area (TPSA) is 117 Å². The average molecular weight is 444 g/mol. The highest BCUT2D eigenvalue weighted by atomic mass is 16.6. The number of methoxy groups -OCH3 is 2. The molecule has 1 atom stereocenters. The summed E-state index contributed by atoms with van der Waals surface area (Å²) in [5.41, 5.74) is 0.937. The minimum atomic E-state index is -0.888. The molecule has 2 aromatic rings. The normalized spacial score (nSPS) is 11.5. The van der Waals surface area contributed by atoms with Crippen molar-refractivity contribution < 1.29 is 28.7 Å². The number of benzene rings is 2. The lowest BCUT2D eigenvalue weighted by atomic mass is 10.0. The molecule has 0 saturated carbocycles. The van der Waals surface area contributed by atoms with E-state index in [0.29, 0.717) is 17.9 Å². The van der Waals surface area contributed by atoms with Gasteiger partial charge in [0.15, 0.2) is 11.5 Å². The zero-order chi connectivity index (χ0) is 23.7. The van der Waals surface area contributed by atoms with Crippen LogP contribution in [0.5, 0.6) is 11.5 Å². The molecule has 0 fully saturated rings. The van der Waals surface area contributed by atoms with Gasteiger partial charge >= 0.3 is 5.97 Å². The number of carbonyl (C=O) groups is 2. The maximum absolute atomic E-state index is 12.7. The molecule has 0 bridgehead atoms. The molecule has 0 saturated heterocycles. The number of hydrogen-bond donors (Lipinski definition) is 1. The second-order valence-corrected chi connectivity index (χ2v) is 7.37. The van der Waals surface area contributed by atoms with Gasteiger partial charge < -0.3 is 19.5 Å². The van der Waals surface area contributed by atoms with Crippen molar-refractivity contribution in [1.29, 1.82) is 0 Å². The van der Waals surface area contributed by atoms with Crippen molar-refractivity contribution in [3.63, 3.8) is 0 Å². The maximum Gasteiger partial charge on any atom is 0.308 e. The Bertz CT molecular complexity index is 959. The van der Waals surface area contributed by atoms with Crippen molar-refractivity contribution >= 4 is 17.6 Å². The molecule has 9 heteroatoms. The standard InChI is InChI=1S/C23H28N2O7/c1-15(2)32-23(27)14-18(17-7-5-6-8-19(17)25(28)29)24-22(26)12-10-16-9-11-20(30-3)21(13-16)31-4/h5-9,11,13,15,18H,10,12,14H2,1-4H3,(H,24,26). The summed E-state index contributed by atoms with van der Waals surface area (Å²) in [5.74, 6) is 0.240. The fourth-order valence-electron chi connectivity index (χ4n) is 3.23. The van der Waals surface area contributed by atoms with Gasteiger partial charge in [0.25, 0.3) is 5.69 Å². The second kappa shape index (κ2) is 11.7. The molecular weight excluding hydrogens is 416 g/mol. The highest BCUT2D eigenvalue weighted by molar-refractivity contribution is 5.78. The van der Waals surface area contributed by atoms with Crippen LogP contribution in [0, 0.1) is 10.1 Å². The molecule has 2 aromatic carbocycles. The number of esters is 1. The number of nitrogens with zero attached hydrogens (tertiary/aromatic N) is 1. The molecule has 9 nitrogen and oxygen atoms in total. The Balaban J connectivity index is 2.16. The predicted octanol–water partition coefficient (Wildman–Crippen LogP) is 3.74. The summed E-state index contributed by atoms with van der Waals surface area (Å²) < 4.78 is 15.7. The van der Waals surface area contributed by atoms with Crippen LogP contribution in [-0.4, -0.2) is 37.1 Å². The van der Waals surface area contributed by atoms with Crippen LogP contribution in [0.25, 0.3) is 0 Å². The number of ether oxygens (including phenoxy) is 3. The van der Waals surface area contributed by atoms with Gasteiger partial charge in [-0.25, -0.2) is 0 Å². The summed E-state index contributed by atoms with van der Waals surface area (Å²) in [4.78, 5) is 35.8. The first-order chi connectivity index (χ1) is 15.2. The zero-order valence-corrected chi connectivity index (χ0v) is 18.6. The lowest BCUT2D eigenvalue weighted by molar-refractivity contribution is -0.385. The van der Waals surface area contributed by atoms with Crippen LogP contribution in [0.1, 0.15) is 43.9 Å². The van der Waals surface area contributed by atoms with Crippen LogP contribution >= 0.6 is 0 Å². The Kier molecular flexibility index (Phi) is 9.00. The van der Waals surface area contributed by atoms with Crippen LogP contribution in [-0.2, 0) is 20.7 Å². The number of nitro groups is 1. The van der Waals surface area contributed by atoms with Crippen LogP contribution in [0.2, 0.25) is 0 Å². The quantitative estimate of drug-likeness (QED) is 0.319. The van der Waals surface area contributed by atoms with Crippen LogP contribution in [0.15, 0.2) is 42.5 Å². The Hall–Kier alpha value is -3.62. The van der Waals surface area contributed by atoms with Crippen LogP contribution in [0.4, 0.5) is 5.69 Å². The van der Waals surface area contributed by atoms with Crippen molar-refractivity contribution in [3.05, 3.63) is 63.7 Å². The van der Waals surface area contributed by atoms with Gasteiger partial charge in [0.2, 0.25) is 5.91 Å². The monoisotopic (exact) mass is 444 g/mol. The number of nitro benzene ring substituents is 1. The van der Waals surface area contributed by atoms with Crippen molar-refractivity contribution in [1.82, 2.24) is 5.32 Å². The number of hydrogen-bond acceptors (Lipinski definition) is 7. The third kappa shape index (κ3) is 6.97. The molecule has 2 rings (SSSR count). The van der Waals surface area contributed by atoms with E-state index in [1.165, 1.54) is 32.4 Å². The van der Waals surface area contributed by atoms with E-state index in [1.54, 1.807) is 32.0 Å². The van der Waals surface area contributed by atoms with Gasteiger partial charge in [-0.2, -0.15) is 0 Å². The van der Waals surface area contributed by atoms with Crippen LogP contribution < -0.4 is 14.8 Å². The average Bonchev–Trinajstić information content (AvgIpc) is 2.76. The van der Waals surface area contributed by atoms with Gasteiger partial charge in [0, 0.05) is 12.5 Å². The molecule has 1 unspecified atom stereocenters. The van der Waals surface area contributed by atoms with Crippen molar-refractivity contribution in [2.75, 3.05) is 14.2 Å². The molecule has 172 valence electrons. The van der Waals surface area contributed by atoms with E-state index in [4.69, 9.17) is 14.2 Å². The molecule has 0 spiro atoms. The minimum absolute atomic E-state index is 0.117. The number of rotatable bonds is 11. The fourth-order valence-corrected chi connectivity index (χ4v) is 3.23. The Morgan fingerprint density at radius 3 is 2.38 bits per heavy atom. The number of carbonyl (C=O) groups excluding carboxylic acids is 2. The summed E-state index contributed by atoms with van der Waals surface area (Å²) >= 11 is 0. The first kappa shape index (κ1) is 24.6. The summed E-state index contributed by atoms with van der Waals surface area (Å²) in [7, 11) is 3.07. The zero-order valence-electron chi connectivity index (χ0n) is 18.6. The molecule has 0 aliphatic heterocycles.